The molecular formula is C18H23F6NO2. The highest BCUT2D eigenvalue weighted by Crippen LogP contribution is 2.27. The van der Waals surface area contributed by atoms with Crippen molar-refractivity contribution >= 4 is 0 Å². The number of hydrogen-bond acceptors (Lipinski definition) is 3. The lowest BCUT2D eigenvalue weighted by molar-refractivity contribution is -0.137. The molecule has 3 nitrogen and oxygen atoms in total. The van der Waals surface area contributed by atoms with Crippen LogP contribution < -0.4 is 14.8 Å². The van der Waals surface area contributed by atoms with Crippen molar-refractivity contribution in [3.63, 3.8) is 0 Å². The van der Waals surface area contributed by atoms with Crippen LogP contribution in [0.2, 0.25) is 0 Å². The highest BCUT2D eigenvalue weighted by atomic mass is 19.4. The average Bonchev–Trinajstić information content (AvgIpc) is 3.36. The van der Waals surface area contributed by atoms with Crippen LogP contribution in [0.1, 0.15) is 44.1 Å². The van der Waals surface area contributed by atoms with Gasteiger partial charge in [-0.15, -0.1) is 0 Å². The van der Waals surface area contributed by atoms with Gasteiger partial charge in [0.1, 0.15) is 11.5 Å². The predicted octanol–water partition coefficient (Wildman–Crippen LogP) is 5.38. The molecule has 0 bridgehead atoms. The van der Waals surface area contributed by atoms with Gasteiger partial charge in [0.05, 0.1) is 13.2 Å². The van der Waals surface area contributed by atoms with Crippen molar-refractivity contribution in [1.29, 1.82) is 0 Å². The van der Waals surface area contributed by atoms with E-state index in [4.69, 9.17) is 9.47 Å². The van der Waals surface area contributed by atoms with E-state index >= 15 is 0 Å². The summed E-state index contributed by atoms with van der Waals surface area (Å²) in [5, 5.41) is 3.29. The van der Waals surface area contributed by atoms with E-state index in [1.54, 1.807) is 12.1 Å². The van der Waals surface area contributed by atoms with Crippen LogP contribution in [0.25, 0.3) is 0 Å². The van der Waals surface area contributed by atoms with Crippen molar-refractivity contribution in [2.75, 3.05) is 13.2 Å². The number of ether oxygens (including phenoxy) is 2. The predicted molar refractivity (Wildman–Crippen MR) is 87.9 cm³/mol. The number of halogens is 6. The van der Waals surface area contributed by atoms with Crippen molar-refractivity contribution in [3.8, 4) is 11.5 Å². The second-order valence-corrected chi connectivity index (χ2v) is 6.60. The summed E-state index contributed by atoms with van der Waals surface area (Å²) in [4.78, 5) is 0. The maximum atomic E-state index is 12.2. The van der Waals surface area contributed by atoms with Gasteiger partial charge in [-0.1, -0.05) is 0 Å². The molecule has 1 fully saturated rings. The topological polar surface area (TPSA) is 30.5 Å². The first-order valence-electron chi connectivity index (χ1n) is 8.87. The van der Waals surface area contributed by atoms with Crippen LogP contribution in [0.4, 0.5) is 26.3 Å². The summed E-state index contributed by atoms with van der Waals surface area (Å²) in [5.41, 5.74) is 0.807. The molecule has 1 aromatic rings. The Hall–Kier alpha value is -1.64. The Kier molecular flexibility index (Phi) is 7.64. The molecule has 0 unspecified atom stereocenters. The molecule has 27 heavy (non-hydrogen) atoms. The van der Waals surface area contributed by atoms with Crippen molar-refractivity contribution < 1.29 is 35.8 Å². The molecule has 1 aliphatic rings. The summed E-state index contributed by atoms with van der Waals surface area (Å²) < 4.78 is 83.9. The van der Waals surface area contributed by atoms with Crippen LogP contribution >= 0.6 is 0 Å². The molecule has 0 saturated heterocycles. The molecule has 0 amide bonds. The van der Waals surface area contributed by atoms with Gasteiger partial charge in [0.2, 0.25) is 0 Å². The summed E-state index contributed by atoms with van der Waals surface area (Å²) in [5.74, 6) is 0.691. The van der Waals surface area contributed by atoms with Gasteiger partial charge in [-0.05, 0) is 43.4 Å². The third-order valence-corrected chi connectivity index (χ3v) is 3.86. The minimum Gasteiger partial charge on any atom is -0.493 e. The Bertz CT molecular complexity index is 544. The van der Waals surface area contributed by atoms with Crippen LogP contribution in [0.3, 0.4) is 0 Å². The Balaban J connectivity index is 1.88. The monoisotopic (exact) mass is 399 g/mol. The molecule has 0 radical (unpaired) electrons. The summed E-state index contributed by atoms with van der Waals surface area (Å²) in [7, 11) is 0. The fraction of sp³-hybridized carbons (Fsp3) is 0.667. The van der Waals surface area contributed by atoms with E-state index in [1.807, 2.05) is 0 Å². The summed E-state index contributed by atoms with van der Waals surface area (Å²) >= 11 is 0. The second-order valence-electron chi connectivity index (χ2n) is 6.60. The van der Waals surface area contributed by atoms with E-state index in [1.165, 1.54) is 6.07 Å². The highest BCUT2D eigenvalue weighted by Gasteiger charge is 2.27. The lowest BCUT2D eigenvalue weighted by Gasteiger charge is -2.14. The SMILES string of the molecule is FC(F)(F)CCCOc1cc(CNC2CC2)cc(OCCCC(F)(F)F)c1. The normalized spacial score (nSPS) is 15.0. The van der Waals surface area contributed by atoms with Gasteiger partial charge in [-0.25, -0.2) is 0 Å². The summed E-state index contributed by atoms with van der Waals surface area (Å²) in [6.07, 6.45) is -8.49. The fourth-order valence-electron chi connectivity index (χ4n) is 2.37. The fourth-order valence-corrected chi connectivity index (χ4v) is 2.37. The molecule has 2 rings (SSSR count). The van der Waals surface area contributed by atoms with Crippen LogP contribution in [0, 0.1) is 0 Å². The van der Waals surface area contributed by atoms with Crippen LogP contribution in [-0.2, 0) is 6.54 Å². The van der Waals surface area contributed by atoms with Gasteiger partial charge < -0.3 is 14.8 Å². The van der Waals surface area contributed by atoms with Crippen molar-refractivity contribution in [3.05, 3.63) is 23.8 Å². The Morgan fingerprint density at radius 1 is 0.815 bits per heavy atom. The van der Waals surface area contributed by atoms with Gasteiger partial charge in [-0.3, -0.25) is 0 Å². The average molecular weight is 399 g/mol. The number of hydrogen-bond donors (Lipinski definition) is 1. The number of rotatable bonds is 11. The van der Waals surface area contributed by atoms with Gasteiger partial charge >= 0.3 is 12.4 Å². The van der Waals surface area contributed by atoms with E-state index in [2.05, 4.69) is 5.32 Å². The van der Waals surface area contributed by atoms with Gasteiger partial charge in [0.15, 0.2) is 0 Å². The zero-order valence-electron chi connectivity index (χ0n) is 14.8. The highest BCUT2D eigenvalue weighted by molar-refractivity contribution is 5.38. The van der Waals surface area contributed by atoms with Crippen molar-refractivity contribution in [2.24, 2.45) is 0 Å². The molecular weight excluding hydrogens is 376 g/mol. The lowest BCUT2D eigenvalue weighted by atomic mass is 10.2. The number of benzene rings is 1. The standard InChI is InChI=1S/C18H23F6NO2/c19-17(20,21)5-1-7-26-15-9-13(12-25-14-3-4-14)10-16(11-15)27-8-2-6-18(22,23)24/h9-11,14,25H,1-8,12H2. The molecule has 0 aliphatic heterocycles. The smallest absolute Gasteiger partial charge is 0.389 e. The zero-order valence-corrected chi connectivity index (χ0v) is 14.8. The molecule has 1 N–H and O–H groups in total. The first kappa shape index (κ1) is 21.7. The number of alkyl halides is 6. The Labute approximate surface area is 154 Å². The lowest BCUT2D eigenvalue weighted by Crippen LogP contribution is -2.15. The summed E-state index contributed by atoms with van der Waals surface area (Å²) in [6, 6.07) is 5.34. The maximum absolute atomic E-state index is 12.2. The zero-order chi connectivity index (χ0) is 19.9. The van der Waals surface area contributed by atoms with Gasteiger partial charge in [-0.2, -0.15) is 26.3 Å². The molecule has 0 aromatic heterocycles. The first-order valence-corrected chi connectivity index (χ1v) is 8.87. The van der Waals surface area contributed by atoms with Crippen LogP contribution in [0.5, 0.6) is 11.5 Å². The van der Waals surface area contributed by atoms with Crippen LogP contribution in [-0.4, -0.2) is 31.6 Å². The molecule has 1 aromatic carbocycles. The molecule has 0 spiro atoms. The van der Waals surface area contributed by atoms with Crippen LogP contribution in [0.15, 0.2) is 18.2 Å². The van der Waals surface area contributed by atoms with Gasteiger partial charge in [0.25, 0.3) is 0 Å². The van der Waals surface area contributed by atoms with E-state index in [9.17, 15) is 26.3 Å². The van der Waals surface area contributed by atoms with Gasteiger partial charge in [0, 0.05) is 31.5 Å². The quantitative estimate of drug-likeness (QED) is 0.400. The maximum Gasteiger partial charge on any atom is 0.389 e. The van der Waals surface area contributed by atoms with E-state index in [0.717, 1.165) is 18.4 Å². The summed E-state index contributed by atoms with van der Waals surface area (Å²) in [6.45, 7) is 0.322. The minimum absolute atomic E-state index is 0.105. The number of nitrogens with one attached hydrogen (secondary N) is 1. The van der Waals surface area contributed by atoms with E-state index < -0.39 is 25.2 Å². The Morgan fingerprint density at radius 3 is 1.70 bits per heavy atom. The largest absolute Gasteiger partial charge is 0.493 e. The second kappa shape index (κ2) is 9.52. The van der Waals surface area contributed by atoms with Crippen molar-refractivity contribution in [1.82, 2.24) is 5.32 Å². The molecule has 1 aliphatic carbocycles. The molecule has 1 saturated carbocycles. The van der Waals surface area contributed by atoms with Crippen molar-refractivity contribution in [2.45, 2.75) is 63.5 Å². The third kappa shape index (κ3) is 10.3. The molecule has 154 valence electrons. The van der Waals surface area contributed by atoms with E-state index in [-0.39, 0.29) is 26.1 Å². The molecule has 9 heteroatoms. The molecule has 0 heterocycles. The Morgan fingerprint density at radius 2 is 1.30 bits per heavy atom. The minimum atomic E-state index is -4.23. The molecule has 0 atom stereocenters. The third-order valence-electron chi connectivity index (χ3n) is 3.86. The van der Waals surface area contributed by atoms with E-state index in [0.29, 0.717) is 24.1 Å². The first-order chi connectivity index (χ1) is 12.6.